The zero-order valence-corrected chi connectivity index (χ0v) is 27.7. The zero-order valence-electron chi connectivity index (χ0n) is 27.7. The number of hydrogen-bond acceptors (Lipinski definition) is 3. The van der Waals surface area contributed by atoms with Gasteiger partial charge in [0.1, 0.15) is 5.84 Å². The molecule has 50 heavy (non-hydrogen) atoms. The van der Waals surface area contributed by atoms with Gasteiger partial charge in [-0.1, -0.05) is 97.6 Å². The number of rotatable bonds is 6. The molecule has 5 aromatic carbocycles. The number of nitrogens with one attached hydrogen (secondary N) is 1. The minimum Gasteiger partial charge on any atom is -0.404 e. The second kappa shape index (κ2) is 12.7. The Balaban J connectivity index is 1.43. The lowest BCUT2D eigenvalue weighted by atomic mass is 9.98. The monoisotopic (exact) mass is 645 g/mol. The molecule has 0 aliphatic carbocycles. The fraction of sp³-hybridized carbons (Fsp3) is 0.0222. The predicted molar refractivity (Wildman–Crippen MR) is 209 cm³/mol. The summed E-state index contributed by atoms with van der Waals surface area (Å²) in [6.07, 6.45) is 9.25. The molecule has 240 valence electrons. The van der Waals surface area contributed by atoms with E-state index in [1.165, 1.54) is 0 Å². The quantitative estimate of drug-likeness (QED) is 0.177. The molecule has 3 heterocycles. The molecule has 0 radical (unpaired) electrons. The van der Waals surface area contributed by atoms with Crippen LogP contribution in [-0.2, 0) is 0 Å². The van der Waals surface area contributed by atoms with E-state index in [1.807, 2.05) is 60.5 Å². The molecule has 0 spiro atoms. The Morgan fingerprint density at radius 1 is 0.740 bits per heavy atom. The highest BCUT2D eigenvalue weighted by Crippen LogP contribution is 2.42. The predicted octanol–water partition coefficient (Wildman–Crippen LogP) is 8.97. The molecule has 0 fully saturated rings. The summed E-state index contributed by atoms with van der Waals surface area (Å²) >= 11 is 0. The number of nitrogens with two attached hydrogens (primary N) is 1. The lowest BCUT2D eigenvalue weighted by molar-refractivity contribution is 1.07. The Labute approximate surface area is 291 Å². The van der Waals surface area contributed by atoms with Crippen molar-refractivity contribution in [2.75, 3.05) is 4.90 Å². The molecule has 8 rings (SSSR count). The van der Waals surface area contributed by atoms with E-state index in [0.29, 0.717) is 5.84 Å². The van der Waals surface area contributed by atoms with Crippen LogP contribution < -0.4 is 21.2 Å². The number of fused-ring (bicyclic) bond motifs is 2. The molecule has 2 aromatic heterocycles. The van der Waals surface area contributed by atoms with Crippen molar-refractivity contribution in [3.8, 4) is 27.9 Å². The molecule has 0 unspecified atom stereocenters. The van der Waals surface area contributed by atoms with Gasteiger partial charge >= 0.3 is 0 Å². The zero-order chi connectivity index (χ0) is 34.2. The average molecular weight is 646 g/mol. The number of benzene rings is 5. The Hall–Kier alpha value is -6.72. The van der Waals surface area contributed by atoms with Gasteiger partial charge in [-0.25, -0.2) is 0 Å². The van der Waals surface area contributed by atoms with E-state index in [1.54, 1.807) is 12.4 Å². The van der Waals surface area contributed by atoms with E-state index in [9.17, 15) is 5.41 Å². The number of allylic oxidation sites excluding steroid dienone is 3. The first-order valence-corrected chi connectivity index (χ1v) is 16.6. The number of pyridine rings is 1. The van der Waals surface area contributed by atoms with Crippen molar-refractivity contribution < 1.29 is 0 Å². The van der Waals surface area contributed by atoms with Crippen LogP contribution in [0.2, 0.25) is 0 Å². The number of para-hydroxylation sites is 2. The molecule has 0 saturated carbocycles. The van der Waals surface area contributed by atoms with Crippen molar-refractivity contribution in [2.24, 2.45) is 5.73 Å². The van der Waals surface area contributed by atoms with Gasteiger partial charge in [0.05, 0.1) is 22.1 Å². The van der Waals surface area contributed by atoms with Gasteiger partial charge < -0.3 is 10.3 Å². The number of anilines is 2. The Kier molecular flexibility index (Phi) is 7.78. The van der Waals surface area contributed by atoms with Crippen LogP contribution in [-0.4, -0.2) is 15.4 Å². The van der Waals surface area contributed by atoms with Gasteiger partial charge in [-0.05, 0) is 89.3 Å². The summed E-state index contributed by atoms with van der Waals surface area (Å²) in [5.41, 5.74) is 17.9. The standard InChI is InChI=1S/C45H35N5/c1-3-13-33(28-46)35-24-36(34-16-12-23-48-29-34)26-38(25-35)50-41-20-11-10-19-39(41)43(45(50)47)44-30(2)40-27-32(31-14-6-4-7-15-31)21-22-42(40)49(44)37-17-8-5-9-18-37/h3-29,47H,2,46H2,1H3/b13-3-,33-28+,44-43+,47-45?. The third-order valence-electron chi connectivity index (χ3n) is 9.34. The van der Waals surface area contributed by atoms with E-state index in [2.05, 4.69) is 113 Å². The van der Waals surface area contributed by atoms with Crippen LogP contribution in [0.4, 0.5) is 11.4 Å². The smallest absolute Gasteiger partial charge is 0.140 e. The van der Waals surface area contributed by atoms with Crippen molar-refractivity contribution in [3.63, 3.8) is 0 Å². The van der Waals surface area contributed by atoms with Gasteiger partial charge in [0.25, 0.3) is 0 Å². The second-order valence-electron chi connectivity index (χ2n) is 12.3. The molecule has 0 saturated heterocycles. The Bertz CT molecular complexity index is 2580. The highest BCUT2D eigenvalue weighted by molar-refractivity contribution is 6.36. The third-order valence-corrected chi connectivity index (χ3v) is 9.34. The summed E-state index contributed by atoms with van der Waals surface area (Å²) < 4.78 is 2.26. The molecule has 0 atom stereocenters. The van der Waals surface area contributed by atoms with Crippen LogP contribution in [0.5, 0.6) is 0 Å². The topological polar surface area (TPSA) is 70.9 Å². The van der Waals surface area contributed by atoms with Crippen molar-refractivity contribution >= 4 is 45.8 Å². The first-order valence-electron chi connectivity index (χ1n) is 16.6. The van der Waals surface area contributed by atoms with Gasteiger partial charge in [0.2, 0.25) is 0 Å². The van der Waals surface area contributed by atoms with Crippen LogP contribution in [0.25, 0.3) is 56.6 Å². The van der Waals surface area contributed by atoms with E-state index < -0.39 is 0 Å². The number of hydrogen-bond donors (Lipinski definition) is 2. The highest BCUT2D eigenvalue weighted by Gasteiger charge is 2.33. The fourth-order valence-electron chi connectivity index (χ4n) is 7.06. The van der Waals surface area contributed by atoms with Crippen molar-refractivity contribution in [1.29, 1.82) is 5.41 Å². The summed E-state index contributed by atoms with van der Waals surface area (Å²) in [4.78, 5) is 6.43. The molecule has 3 N–H and O–H groups in total. The van der Waals surface area contributed by atoms with Gasteiger partial charge in [-0.2, -0.15) is 0 Å². The summed E-state index contributed by atoms with van der Waals surface area (Å²) in [7, 11) is 0. The first-order chi connectivity index (χ1) is 24.6. The fourth-order valence-corrected chi connectivity index (χ4v) is 7.06. The highest BCUT2D eigenvalue weighted by atomic mass is 15.2. The maximum Gasteiger partial charge on any atom is 0.140 e. The first kappa shape index (κ1) is 30.6. The van der Waals surface area contributed by atoms with E-state index in [-0.39, 0.29) is 0 Å². The van der Waals surface area contributed by atoms with Crippen LogP contribution >= 0.6 is 0 Å². The van der Waals surface area contributed by atoms with Gasteiger partial charge in [-0.3, -0.25) is 15.3 Å². The van der Waals surface area contributed by atoms with Crippen LogP contribution in [0.15, 0.2) is 164 Å². The van der Waals surface area contributed by atoms with E-state index >= 15 is 0 Å². The summed E-state index contributed by atoms with van der Waals surface area (Å²) in [5.74, 6) is 0.373. The maximum atomic E-state index is 9.99. The van der Waals surface area contributed by atoms with E-state index in [0.717, 1.165) is 83.1 Å². The molecular formula is C45H35N5. The average Bonchev–Trinajstić information content (AvgIpc) is 3.63. The number of aromatic nitrogens is 2. The summed E-state index contributed by atoms with van der Waals surface area (Å²) in [6, 6.07) is 46.0. The minimum atomic E-state index is 0.373. The normalized spacial score (nSPS) is 14.1. The lowest BCUT2D eigenvalue weighted by Crippen LogP contribution is -2.34. The summed E-state index contributed by atoms with van der Waals surface area (Å²) in [6.45, 7) is 6.69. The molecule has 1 aliphatic heterocycles. The summed E-state index contributed by atoms with van der Waals surface area (Å²) in [5, 5.41) is 12.8. The van der Waals surface area contributed by atoms with Crippen molar-refractivity contribution in [3.05, 3.63) is 186 Å². The van der Waals surface area contributed by atoms with Crippen molar-refractivity contribution in [1.82, 2.24) is 9.55 Å². The largest absolute Gasteiger partial charge is 0.404 e. The maximum absolute atomic E-state index is 9.99. The van der Waals surface area contributed by atoms with Crippen LogP contribution in [0, 0.1) is 5.41 Å². The molecule has 5 nitrogen and oxygen atoms in total. The van der Waals surface area contributed by atoms with Gasteiger partial charge in [0, 0.05) is 51.7 Å². The minimum absolute atomic E-state index is 0.373. The molecule has 0 bridgehead atoms. The Morgan fingerprint density at radius 3 is 2.22 bits per heavy atom. The van der Waals surface area contributed by atoms with Crippen LogP contribution in [0.1, 0.15) is 18.1 Å². The molecule has 1 aliphatic rings. The molecule has 5 heteroatoms. The van der Waals surface area contributed by atoms with Gasteiger partial charge in [0.15, 0.2) is 0 Å². The second-order valence-corrected chi connectivity index (χ2v) is 12.3. The van der Waals surface area contributed by atoms with Crippen molar-refractivity contribution in [2.45, 2.75) is 6.92 Å². The third kappa shape index (κ3) is 5.13. The van der Waals surface area contributed by atoms with E-state index in [4.69, 9.17) is 12.3 Å². The molecule has 7 aromatic rings. The SMILES string of the molecule is C=c1/c(=C2\C(=N)N(c3cc(C(/C=C\C)=C/N)cc(-c4cccnc4)c3)c3ccccc32)n(-c2ccccc2)c2ccc(-c3ccccc3)cc12. The van der Waals surface area contributed by atoms with Gasteiger partial charge in [-0.15, -0.1) is 0 Å². The number of amidine groups is 1. The van der Waals surface area contributed by atoms with Crippen LogP contribution in [0.3, 0.4) is 0 Å². The number of nitrogens with zero attached hydrogens (tertiary/aromatic N) is 3. The lowest BCUT2D eigenvalue weighted by Gasteiger charge is -2.22. The Morgan fingerprint density at radius 2 is 1.48 bits per heavy atom. The molecule has 0 amide bonds. The molecular weight excluding hydrogens is 611 g/mol.